The number of fused-ring (bicyclic) bond motifs is 1. The number of rotatable bonds is 2. The van der Waals surface area contributed by atoms with Gasteiger partial charge in [-0.05, 0) is 25.1 Å². The highest BCUT2D eigenvalue weighted by Gasteiger charge is 2.28. The van der Waals surface area contributed by atoms with Crippen LogP contribution in [-0.4, -0.2) is 51.7 Å². The maximum Gasteiger partial charge on any atom is 0.255 e. The van der Waals surface area contributed by atoms with Crippen LogP contribution in [-0.2, 0) is 0 Å². The summed E-state index contributed by atoms with van der Waals surface area (Å²) in [4.78, 5) is 20.8. The van der Waals surface area contributed by atoms with E-state index in [9.17, 15) is 9.18 Å². The number of piperazine rings is 1. The van der Waals surface area contributed by atoms with Crippen LogP contribution >= 0.6 is 0 Å². The molecule has 3 heterocycles. The summed E-state index contributed by atoms with van der Waals surface area (Å²) in [6.07, 6.45) is 3.22. The molecular formula is C18H18FN5O. The van der Waals surface area contributed by atoms with Crippen LogP contribution in [0.2, 0.25) is 0 Å². The standard InChI is InChI=1S/C18H18FN5O/c1-12-11-23(6-7-24(12)16-5-3-2-4-15(16)19)18(25)14-8-13-10-21-22-17(13)20-9-14/h2-5,8-10,12H,6-7,11H2,1H3,(H,20,21,22). The summed E-state index contributed by atoms with van der Waals surface area (Å²) in [5.41, 5.74) is 1.79. The first-order chi connectivity index (χ1) is 12.1. The average Bonchev–Trinajstić information content (AvgIpc) is 3.09. The van der Waals surface area contributed by atoms with E-state index in [1.807, 2.05) is 17.9 Å². The Balaban J connectivity index is 1.52. The monoisotopic (exact) mass is 339 g/mol. The van der Waals surface area contributed by atoms with Crippen molar-refractivity contribution < 1.29 is 9.18 Å². The van der Waals surface area contributed by atoms with E-state index in [2.05, 4.69) is 15.2 Å². The van der Waals surface area contributed by atoms with Crippen molar-refractivity contribution in [3.05, 3.63) is 54.1 Å². The van der Waals surface area contributed by atoms with Gasteiger partial charge in [-0.25, -0.2) is 9.37 Å². The van der Waals surface area contributed by atoms with Crippen LogP contribution in [0.3, 0.4) is 0 Å². The minimum absolute atomic E-state index is 0.0280. The minimum Gasteiger partial charge on any atom is -0.363 e. The highest BCUT2D eigenvalue weighted by Crippen LogP contribution is 2.24. The number of anilines is 1. The summed E-state index contributed by atoms with van der Waals surface area (Å²) in [5, 5.41) is 7.51. The summed E-state index contributed by atoms with van der Waals surface area (Å²) in [6.45, 7) is 3.68. The van der Waals surface area contributed by atoms with Gasteiger partial charge in [-0.3, -0.25) is 9.89 Å². The quantitative estimate of drug-likeness (QED) is 0.779. The topological polar surface area (TPSA) is 65.1 Å². The van der Waals surface area contributed by atoms with Gasteiger partial charge < -0.3 is 9.80 Å². The van der Waals surface area contributed by atoms with Gasteiger partial charge >= 0.3 is 0 Å². The van der Waals surface area contributed by atoms with Crippen LogP contribution in [0.1, 0.15) is 17.3 Å². The molecule has 0 bridgehead atoms. The van der Waals surface area contributed by atoms with Crippen molar-refractivity contribution >= 4 is 22.6 Å². The van der Waals surface area contributed by atoms with E-state index >= 15 is 0 Å². The normalized spacial score (nSPS) is 17.9. The first-order valence-corrected chi connectivity index (χ1v) is 8.23. The number of benzene rings is 1. The Morgan fingerprint density at radius 1 is 1.28 bits per heavy atom. The molecule has 1 aliphatic heterocycles. The number of nitrogens with zero attached hydrogens (tertiary/aromatic N) is 4. The van der Waals surface area contributed by atoms with Crippen LogP contribution < -0.4 is 4.90 Å². The Morgan fingerprint density at radius 3 is 2.92 bits per heavy atom. The summed E-state index contributed by atoms with van der Waals surface area (Å²) in [7, 11) is 0. The number of aromatic nitrogens is 3. The highest BCUT2D eigenvalue weighted by atomic mass is 19.1. The maximum atomic E-state index is 14.0. The zero-order chi connectivity index (χ0) is 17.4. The number of aromatic amines is 1. The number of H-pyrrole nitrogens is 1. The fourth-order valence-electron chi connectivity index (χ4n) is 3.32. The molecular weight excluding hydrogens is 321 g/mol. The fraction of sp³-hybridized carbons (Fsp3) is 0.278. The number of amides is 1. The van der Waals surface area contributed by atoms with Gasteiger partial charge in [0.2, 0.25) is 0 Å². The molecule has 1 atom stereocenters. The number of hydrogen-bond acceptors (Lipinski definition) is 4. The molecule has 0 radical (unpaired) electrons. The lowest BCUT2D eigenvalue weighted by atomic mass is 10.1. The third-order valence-electron chi connectivity index (χ3n) is 4.61. The number of pyridine rings is 1. The molecule has 1 amide bonds. The maximum absolute atomic E-state index is 14.0. The number of halogens is 1. The number of carbonyl (C=O) groups is 1. The van der Waals surface area contributed by atoms with Crippen molar-refractivity contribution in [1.82, 2.24) is 20.1 Å². The second-order valence-electron chi connectivity index (χ2n) is 6.28. The predicted molar refractivity (Wildman–Crippen MR) is 93.0 cm³/mol. The number of carbonyl (C=O) groups excluding carboxylic acids is 1. The largest absolute Gasteiger partial charge is 0.363 e. The highest BCUT2D eigenvalue weighted by molar-refractivity contribution is 5.96. The average molecular weight is 339 g/mol. The van der Waals surface area contributed by atoms with E-state index < -0.39 is 0 Å². The lowest BCUT2D eigenvalue weighted by molar-refractivity contribution is 0.0726. The fourth-order valence-corrected chi connectivity index (χ4v) is 3.32. The van der Waals surface area contributed by atoms with Crippen LogP contribution in [0.25, 0.3) is 11.0 Å². The van der Waals surface area contributed by atoms with Gasteiger partial charge in [-0.1, -0.05) is 12.1 Å². The SMILES string of the molecule is CC1CN(C(=O)c2cnc3[nH]ncc3c2)CCN1c1ccccc1F. The molecule has 6 nitrogen and oxygen atoms in total. The molecule has 0 spiro atoms. The summed E-state index contributed by atoms with van der Waals surface area (Å²) in [6, 6.07) is 8.57. The molecule has 0 aliphatic carbocycles. The van der Waals surface area contributed by atoms with Crippen LogP contribution in [0.5, 0.6) is 0 Å². The van der Waals surface area contributed by atoms with E-state index in [0.717, 1.165) is 5.39 Å². The Kier molecular flexibility index (Phi) is 3.83. The van der Waals surface area contributed by atoms with E-state index in [1.54, 1.807) is 35.5 Å². The lowest BCUT2D eigenvalue weighted by Crippen LogP contribution is -2.54. The predicted octanol–water partition coefficient (Wildman–Crippen LogP) is 2.45. The summed E-state index contributed by atoms with van der Waals surface area (Å²) in [5.74, 6) is -0.292. The zero-order valence-corrected chi connectivity index (χ0v) is 13.8. The van der Waals surface area contributed by atoms with Crippen molar-refractivity contribution in [1.29, 1.82) is 0 Å². The Labute approximate surface area is 144 Å². The first kappa shape index (κ1) is 15.6. The van der Waals surface area contributed by atoms with Crippen molar-refractivity contribution in [2.75, 3.05) is 24.5 Å². The van der Waals surface area contributed by atoms with Gasteiger partial charge in [0.15, 0.2) is 5.65 Å². The van der Waals surface area contributed by atoms with Gasteiger partial charge in [-0.15, -0.1) is 0 Å². The number of para-hydroxylation sites is 1. The minimum atomic E-state index is -0.233. The Hall–Kier alpha value is -2.96. The van der Waals surface area contributed by atoms with Crippen LogP contribution in [0.15, 0.2) is 42.7 Å². The van der Waals surface area contributed by atoms with Gasteiger partial charge in [0.1, 0.15) is 5.82 Å². The summed E-state index contributed by atoms with van der Waals surface area (Å²) >= 11 is 0. The smallest absolute Gasteiger partial charge is 0.255 e. The van der Waals surface area contributed by atoms with Gasteiger partial charge in [0, 0.05) is 37.3 Å². The zero-order valence-electron chi connectivity index (χ0n) is 13.8. The molecule has 25 heavy (non-hydrogen) atoms. The van der Waals surface area contributed by atoms with Gasteiger partial charge in [-0.2, -0.15) is 5.10 Å². The number of hydrogen-bond donors (Lipinski definition) is 1. The summed E-state index contributed by atoms with van der Waals surface area (Å²) < 4.78 is 14.0. The van der Waals surface area contributed by atoms with Gasteiger partial charge in [0.25, 0.3) is 5.91 Å². The molecule has 128 valence electrons. The molecule has 1 aromatic carbocycles. The lowest BCUT2D eigenvalue weighted by Gasteiger charge is -2.41. The van der Waals surface area contributed by atoms with E-state index in [-0.39, 0.29) is 17.8 Å². The van der Waals surface area contributed by atoms with Gasteiger partial charge in [0.05, 0.1) is 17.4 Å². The van der Waals surface area contributed by atoms with Crippen LogP contribution in [0.4, 0.5) is 10.1 Å². The van der Waals surface area contributed by atoms with E-state index in [1.165, 1.54) is 6.07 Å². The molecule has 1 unspecified atom stereocenters. The molecule has 7 heteroatoms. The third-order valence-corrected chi connectivity index (χ3v) is 4.61. The molecule has 3 aromatic rings. The molecule has 1 saturated heterocycles. The number of nitrogens with one attached hydrogen (secondary N) is 1. The Morgan fingerprint density at radius 2 is 2.12 bits per heavy atom. The molecule has 1 N–H and O–H groups in total. The molecule has 1 fully saturated rings. The van der Waals surface area contributed by atoms with Crippen molar-refractivity contribution in [2.45, 2.75) is 13.0 Å². The van der Waals surface area contributed by atoms with E-state index in [4.69, 9.17) is 0 Å². The first-order valence-electron chi connectivity index (χ1n) is 8.23. The molecule has 1 aliphatic rings. The second-order valence-corrected chi connectivity index (χ2v) is 6.28. The Bertz CT molecular complexity index is 924. The molecule has 4 rings (SSSR count). The van der Waals surface area contributed by atoms with Crippen molar-refractivity contribution in [2.24, 2.45) is 0 Å². The van der Waals surface area contributed by atoms with Crippen molar-refractivity contribution in [3.63, 3.8) is 0 Å². The third kappa shape index (κ3) is 2.82. The van der Waals surface area contributed by atoms with Crippen molar-refractivity contribution in [3.8, 4) is 0 Å². The van der Waals surface area contributed by atoms with E-state index in [0.29, 0.717) is 36.5 Å². The molecule has 2 aromatic heterocycles. The second kappa shape index (κ2) is 6.16. The molecule has 0 saturated carbocycles. The van der Waals surface area contributed by atoms with Crippen LogP contribution in [0, 0.1) is 5.82 Å².